The molecule has 0 saturated carbocycles. The van der Waals surface area contributed by atoms with Crippen molar-refractivity contribution in [3.63, 3.8) is 0 Å². The van der Waals surface area contributed by atoms with Gasteiger partial charge in [-0.25, -0.2) is 0 Å². The van der Waals surface area contributed by atoms with Gasteiger partial charge in [-0.2, -0.15) is 0 Å². The molecule has 0 aliphatic carbocycles. The molecule has 1 fully saturated rings. The molecule has 0 aromatic carbocycles. The van der Waals surface area contributed by atoms with E-state index in [1.54, 1.807) is 0 Å². The third-order valence-electron chi connectivity index (χ3n) is 2.09. The Bertz CT molecular complexity index is 164. The minimum Gasteiger partial charge on any atom is -0.394 e. The van der Waals surface area contributed by atoms with E-state index in [2.05, 4.69) is 5.32 Å². The number of ether oxygens (including phenoxy) is 1. The van der Waals surface area contributed by atoms with E-state index in [9.17, 15) is 4.79 Å². The van der Waals surface area contributed by atoms with Crippen molar-refractivity contribution >= 4 is 5.91 Å². The Labute approximate surface area is 76.7 Å². The zero-order valence-electron chi connectivity index (χ0n) is 7.40. The summed E-state index contributed by atoms with van der Waals surface area (Å²) in [7, 11) is 0. The van der Waals surface area contributed by atoms with Gasteiger partial charge in [-0.3, -0.25) is 4.79 Å². The second kappa shape index (κ2) is 5.16. The van der Waals surface area contributed by atoms with E-state index in [0.717, 1.165) is 6.42 Å². The SMILES string of the molecule is O=C(NC(CO)CO)C1CCOC1. The molecular weight excluding hydrogens is 174 g/mol. The van der Waals surface area contributed by atoms with E-state index in [1.165, 1.54) is 0 Å². The summed E-state index contributed by atoms with van der Waals surface area (Å²) in [6, 6.07) is -0.548. The minimum atomic E-state index is -0.548. The lowest BCUT2D eigenvalue weighted by atomic mass is 10.1. The summed E-state index contributed by atoms with van der Waals surface area (Å²) in [5.74, 6) is -0.272. The van der Waals surface area contributed by atoms with Gasteiger partial charge in [0.2, 0.25) is 5.91 Å². The molecule has 0 spiro atoms. The molecule has 0 aromatic heterocycles. The van der Waals surface area contributed by atoms with Crippen molar-refractivity contribution in [2.24, 2.45) is 5.92 Å². The average Bonchev–Trinajstić information content (AvgIpc) is 2.66. The van der Waals surface area contributed by atoms with Crippen molar-refractivity contribution < 1.29 is 19.7 Å². The molecule has 5 nitrogen and oxygen atoms in total. The van der Waals surface area contributed by atoms with Gasteiger partial charge >= 0.3 is 0 Å². The summed E-state index contributed by atoms with van der Waals surface area (Å²) in [4.78, 5) is 11.4. The fraction of sp³-hybridized carbons (Fsp3) is 0.875. The van der Waals surface area contributed by atoms with Gasteiger partial charge in [-0.1, -0.05) is 0 Å². The number of carbonyl (C=O) groups is 1. The van der Waals surface area contributed by atoms with E-state index < -0.39 is 6.04 Å². The van der Waals surface area contributed by atoms with Crippen molar-refractivity contribution in [2.75, 3.05) is 26.4 Å². The second-order valence-corrected chi connectivity index (χ2v) is 3.13. The lowest BCUT2D eigenvalue weighted by Gasteiger charge is -2.15. The van der Waals surface area contributed by atoms with E-state index in [1.807, 2.05) is 0 Å². The van der Waals surface area contributed by atoms with Crippen LogP contribution in [0.1, 0.15) is 6.42 Å². The lowest BCUT2D eigenvalue weighted by molar-refractivity contribution is -0.126. The van der Waals surface area contributed by atoms with E-state index in [4.69, 9.17) is 14.9 Å². The summed E-state index contributed by atoms with van der Waals surface area (Å²) in [5, 5.41) is 20.0. The molecule has 76 valence electrons. The quantitative estimate of drug-likeness (QED) is 0.502. The highest BCUT2D eigenvalue weighted by atomic mass is 16.5. The number of aliphatic hydroxyl groups excluding tert-OH is 2. The minimum absolute atomic E-state index is 0.124. The maximum Gasteiger partial charge on any atom is 0.225 e. The first-order chi connectivity index (χ1) is 6.27. The van der Waals surface area contributed by atoms with Crippen LogP contribution in [0.5, 0.6) is 0 Å². The van der Waals surface area contributed by atoms with Gasteiger partial charge in [0.15, 0.2) is 0 Å². The Morgan fingerprint density at radius 1 is 1.54 bits per heavy atom. The maximum atomic E-state index is 11.4. The second-order valence-electron chi connectivity index (χ2n) is 3.13. The number of hydrogen-bond donors (Lipinski definition) is 3. The number of rotatable bonds is 4. The number of amides is 1. The molecule has 1 atom stereocenters. The molecule has 1 unspecified atom stereocenters. The Morgan fingerprint density at radius 2 is 2.23 bits per heavy atom. The fourth-order valence-corrected chi connectivity index (χ4v) is 1.21. The van der Waals surface area contributed by atoms with Crippen molar-refractivity contribution in [3.8, 4) is 0 Å². The molecule has 1 rings (SSSR count). The van der Waals surface area contributed by atoms with Gasteiger partial charge in [-0.15, -0.1) is 0 Å². The molecule has 1 saturated heterocycles. The van der Waals surface area contributed by atoms with Crippen LogP contribution in [0.25, 0.3) is 0 Å². The van der Waals surface area contributed by atoms with Crippen LogP contribution in [0.2, 0.25) is 0 Å². The molecule has 0 bridgehead atoms. The van der Waals surface area contributed by atoms with Gasteiger partial charge in [0.05, 0.1) is 31.8 Å². The van der Waals surface area contributed by atoms with Gasteiger partial charge in [0.1, 0.15) is 0 Å². The van der Waals surface area contributed by atoms with Crippen molar-refractivity contribution in [1.82, 2.24) is 5.32 Å². The third kappa shape index (κ3) is 2.95. The maximum absolute atomic E-state index is 11.4. The van der Waals surface area contributed by atoms with Crippen LogP contribution in [0.4, 0.5) is 0 Å². The molecular formula is C8H15NO4. The van der Waals surface area contributed by atoms with Crippen molar-refractivity contribution in [1.29, 1.82) is 0 Å². The summed E-state index contributed by atoms with van der Waals surface area (Å²) in [6.07, 6.45) is 0.718. The summed E-state index contributed by atoms with van der Waals surface area (Å²) in [6.45, 7) is 0.571. The number of hydrogen-bond acceptors (Lipinski definition) is 4. The van der Waals surface area contributed by atoms with E-state index >= 15 is 0 Å². The van der Waals surface area contributed by atoms with E-state index in [-0.39, 0.29) is 25.0 Å². The Morgan fingerprint density at radius 3 is 2.69 bits per heavy atom. The highest BCUT2D eigenvalue weighted by molar-refractivity contribution is 5.79. The predicted octanol–water partition coefficient (Wildman–Crippen LogP) is -1.51. The lowest BCUT2D eigenvalue weighted by Crippen LogP contribution is -2.43. The summed E-state index contributed by atoms with van der Waals surface area (Å²) >= 11 is 0. The molecule has 1 aliphatic heterocycles. The summed E-state index contributed by atoms with van der Waals surface area (Å²) < 4.78 is 5.04. The Hall–Kier alpha value is -0.650. The standard InChI is InChI=1S/C8H15NO4/c10-3-7(4-11)9-8(12)6-1-2-13-5-6/h6-7,10-11H,1-5H2,(H,9,12). The molecule has 0 aromatic rings. The normalized spacial score (nSPS) is 22.2. The molecule has 1 aliphatic rings. The number of aliphatic hydroxyl groups is 2. The summed E-state index contributed by atoms with van der Waals surface area (Å²) in [5.41, 5.74) is 0. The smallest absolute Gasteiger partial charge is 0.225 e. The predicted molar refractivity (Wildman–Crippen MR) is 45.0 cm³/mol. The van der Waals surface area contributed by atoms with Crippen LogP contribution in [-0.4, -0.2) is 48.6 Å². The Balaban J connectivity index is 2.30. The molecule has 5 heteroatoms. The van der Waals surface area contributed by atoms with Gasteiger partial charge in [0, 0.05) is 6.61 Å². The highest BCUT2D eigenvalue weighted by Crippen LogP contribution is 2.12. The Kier molecular flexibility index (Phi) is 4.14. The number of nitrogens with one attached hydrogen (secondary N) is 1. The molecule has 3 N–H and O–H groups in total. The van der Waals surface area contributed by atoms with Crippen LogP contribution < -0.4 is 5.32 Å². The first kappa shape index (κ1) is 10.4. The third-order valence-corrected chi connectivity index (χ3v) is 2.09. The van der Waals surface area contributed by atoms with Crippen LogP contribution in [0, 0.1) is 5.92 Å². The van der Waals surface area contributed by atoms with Crippen LogP contribution in [-0.2, 0) is 9.53 Å². The molecule has 1 amide bonds. The molecule has 1 heterocycles. The van der Waals surface area contributed by atoms with Crippen LogP contribution >= 0.6 is 0 Å². The van der Waals surface area contributed by atoms with Crippen molar-refractivity contribution in [3.05, 3.63) is 0 Å². The average molecular weight is 189 g/mol. The zero-order valence-corrected chi connectivity index (χ0v) is 7.40. The van der Waals surface area contributed by atoms with Crippen LogP contribution in [0.15, 0.2) is 0 Å². The molecule has 13 heavy (non-hydrogen) atoms. The first-order valence-electron chi connectivity index (χ1n) is 4.37. The fourth-order valence-electron chi connectivity index (χ4n) is 1.21. The zero-order chi connectivity index (χ0) is 9.68. The van der Waals surface area contributed by atoms with Crippen LogP contribution in [0.3, 0.4) is 0 Å². The highest BCUT2D eigenvalue weighted by Gasteiger charge is 2.24. The van der Waals surface area contributed by atoms with Crippen molar-refractivity contribution in [2.45, 2.75) is 12.5 Å². The van der Waals surface area contributed by atoms with E-state index in [0.29, 0.717) is 13.2 Å². The monoisotopic (exact) mass is 189 g/mol. The largest absolute Gasteiger partial charge is 0.394 e. The first-order valence-corrected chi connectivity index (χ1v) is 4.37. The number of carbonyl (C=O) groups excluding carboxylic acids is 1. The van der Waals surface area contributed by atoms with Gasteiger partial charge in [-0.05, 0) is 6.42 Å². The molecule has 0 radical (unpaired) electrons. The van der Waals surface area contributed by atoms with Gasteiger partial charge < -0.3 is 20.3 Å². The van der Waals surface area contributed by atoms with Gasteiger partial charge in [0.25, 0.3) is 0 Å². The topological polar surface area (TPSA) is 78.8 Å².